The summed E-state index contributed by atoms with van der Waals surface area (Å²) in [5.41, 5.74) is 0.315. The van der Waals surface area contributed by atoms with Gasteiger partial charge in [-0.2, -0.15) is 4.98 Å². The molecule has 3 heterocycles. The summed E-state index contributed by atoms with van der Waals surface area (Å²) in [5, 5.41) is 10.5. The molecule has 118 valence electrons. The van der Waals surface area contributed by atoms with E-state index in [1.54, 1.807) is 13.0 Å². The Kier molecular flexibility index (Phi) is 4.47. The molecule has 22 heavy (non-hydrogen) atoms. The number of likely N-dealkylation sites (tertiary alicyclic amines) is 1. The third kappa shape index (κ3) is 3.70. The van der Waals surface area contributed by atoms with E-state index in [1.807, 2.05) is 0 Å². The third-order valence-corrected chi connectivity index (χ3v) is 3.76. The number of amides is 1. The van der Waals surface area contributed by atoms with Crippen LogP contribution in [-0.4, -0.2) is 45.7 Å². The number of carbonyl (C=O) groups excluding carboxylic acids is 1. The maximum absolute atomic E-state index is 11.8. The first kappa shape index (κ1) is 14.7. The quantitative estimate of drug-likeness (QED) is 0.880. The van der Waals surface area contributed by atoms with Crippen molar-refractivity contribution in [3.05, 3.63) is 29.7 Å². The van der Waals surface area contributed by atoms with Crippen molar-refractivity contribution in [3.8, 4) is 0 Å². The van der Waals surface area contributed by atoms with Crippen molar-refractivity contribution in [3.63, 3.8) is 0 Å². The van der Waals surface area contributed by atoms with Gasteiger partial charge in [-0.3, -0.25) is 9.69 Å². The van der Waals surface area contributed by atoms with Crippen LogP contribution in [0, 0.1) is 12.8 Å². The van der Waals surface area contributed by atoms with Gasteiger partial charge in [-0.25, -0.2) is 0 Å². The van der Waals surface area contributed by atoms with Crippen LogP contribution in [0.3, 0.4) is 0 Å². The van der Waals surface area contributed by atoms with Crippen molar-refractivity contribution < 1.29 is 13.8 Å². The Hall–Kier alpha value is -2.22. The lowest BCUT2D eigenvalue weighted by atomic mass is 9.98. The number of nitrogens with zero attached hydrogens (tertiary/aromatic N) is 4. The monoisotopic (exact) mass is 305 g/mol. The van der Waals surface area contributed by atoms with Gasteiger partial charge >= 0.3 is 0 Å². The predicted molar refractivity (Wildman–Crippen MR) is 75.9 cm³/mol. The summed E-state index contributed by atoms with van der Waals surface area (Å²) in [6, 6.07) is 1.56. The number of carbonyl (C=O) groups is 1. The number of hydrogen-bond acceptors (Lipinski definition) is 7. The molecular formula is C14H19N5O3. The number of rotatable bonds is 5. The topological polar surface area (TPSA) is 97.3 Å². The number of hydrogen-bond donors (Lipinski definition) is 1. The average Bonchev–Trinajstić information content (AvgIpc) is 3.17. The van der Waals surface area contributed by atoms with Gasteiger partial charge in [-0.05, 0) is 25.3 Å². The third-order valence-electron chi connectivity index (χ3n) is 3.76. The molecule has 1 unspecified atom stereocenters. The Balaban J connectivity index is 1.47. The Bertz CT molecular complexity index is 610. The van der Waals surface area contributed by atoms with Crippen LogP contribution in [0.4, 0.5) is 0 Å². The maximum atomic E-state index is 11.8. The fourth-order valence-electron chi connectivity index (χ4n) is 2.72. The van der Waals surface area contributed by atoms with E-state index in [1.165, 1.54) is 6.26 Å². The van der Waals surface area contributed by atoms with Gasteiger partial charge in [0.15, 0.2) is 11.5 Å². The summed E-state index contributed by atoms with van der Waals surface area (Å²) < 4.78 is 9.66. The molecule has 0 spiro atoms. The molecule has 8 nitrogen and oxygen atoms in total. The molecular weight excluding hydrogens is 286 g/mol. The highest BCUT2D eigenvalue weighted by atomic mass is 16.5. The van der Waals surface area contributed by atoms with E-state index >= 15 is 0 Å². The van der Waals surface area contributed by atoms with Crippen molar-refractivity contribution in [2.24, 2.45) is 5.92 Å². The molecule has 1 amide bonds. The molecule has 1 N–H and O–H groups in total. The number of nitrogens with one attached hydrogen (secondary N) is 1. The normalized spacial score (nSPS) is 19.2. The van der Waals surface area contributed by atoms with Crippen LogP contribution in [0.1, 0.15) is 35.0 Å². The lowest BCUT2D eigenvalue weighted by molar-refractivity contribution is 0.0920. The molecule has 1 fully saturated rings. The van der Waals surface area contributed by atoms with Crippen molar-refractivity contribution >= 4 is 5.91 Å². The van der Waals surface area contributed by atoms with E-state index in [2.05, 4.69) is 30.0 Å². The van der Waals surface area contributed by atoms with Crippen molar-refractivity contribution in [2.45, 2.75) is 26.3 Å². The van der Waals surface area contributed by atoms with Gasteiger partial charge in [0, 0.05) is 26.1 Å². The smallest absolute Gasteiger partial charge is 0.273 e. The minimum atomic E-state index is -0.195. The zero-order valence-electron chi connectivity index (χ0n) is 12.5. The predicted octanol–water partition coefficient (Wildman–Crippen LogP) is 1.01. The van der Waals surface area contributed by atoms with Crippen LogP contribution in [0.25, 0.3) is 0 Å². The Labute approximate surface area is 127 Å². The molecule has 0 radical (unpaired) electrons. The molecule has 8 heteroatoms. The first-order chi connectivity index (χ1) is 10.7. The second-order valence-electron chi connectivity index (χ2n) is 5.57. The van der Waals surface area contributed by atoms with Crippen LogP contribution in [-0.2, 0) is 6.54 Å². The highest BCUT2D eigenvalue weighted by Gasteiger charge is 2.22. The van der Waals surface area contributed by atoms with E-state index in [0.29, 0.717) is 36.4 Å². The molecule has 2 aromatic heterocycles. The highest BCUT2D eigenvalue weighted by molar-refractivity contribution is 5.91. The molecule has 3 rings (SSSR count). The molecule has 0 aromatic carbocycles. The summed E-state index contributed by atoms with van der Waals surface area (Å²) in [5.74, 6) is 1.52. The summed E-state index contributed by atoms with van der Waals surface area (Å²) in [6.45, 7) is 5.03. The molecule has 0 bridgehead atoms. The fourth-order valence-corrected chi connectivity index (χ4v) is 2.72. The van der Waals surface area contributed by atoms with Gasteiger partial charge < -0.3 is 14.4 Å². The van der Waals surface area contributed by atoms with E-state index in [0.717, 1.165) is 25.9 Å². The van der Waals surface area contributed by atoms with Crippen LogP contribution in [0.5, 0.6) is 0 Å². The van der Waals surface area contributed by atoms with Gasteiger partial charge in [-0.15, -0.1) is 0 Å². The number of piperidine rings is 1. The lowest BCUT2D eigenvalue weighted by Gasteiger charge is -2.31. The molecule has 0 aliphatic carbocycles. The first-order valence-corrected chi connectivity index (χ1v) is 7.41. The van der Waals surface area contributed by atoms with Crippen LogP contribution >= 0.6 is 0 Å². The van der Waals surface area contributed by atoms with Gasteiger partial charge in [0.05, 0.1) is 6.54 Å². The van der Waals surface area contributed by atoms with Gasteiger partial charge in [0.1, 0.15) is 6.26 Å². The minimum absolute atomic E-state index is 0.195. The van der Waals surface area contributed by atoms with Crippen LogP contribution < -0.4 is 5.32 Å². The Morgan fingerprint density at radius 2 is 2.41 bits per heavy atom. The first-order valence-electron chi connectivity index (χ1n) is 7.41. The fraction of sp³-hybridized carbons (Fsp3) is 0.571. The zero-order chi connectivity index (χ0) is 15.4. The maximum Gasteiger partial charge on any atom is 0.273 e. The number of aryl methyl sites for hydroxylation is 1. The highest BCUT2D eigenvalue weighted by Crippen LogP contribution is 2.17. The Morgan fingerprint density at radius 1 is 1.50 bits per heavy atom. The second kappa shape index (κ2) is 6.69. The van der Waals surface area contributed by atoms with Gasteiger partial charge in [-0.1, -0.05) is 10.3 Å². The largest absolute Gasteiger partial charge is 0.364 e. The second-order valence-corrected chi connectivity index (χ2v) is 5.57. The van der Waals surface area contributed by atoms with E-state index in [-0.39, 0.29) is 5.91 Å². The van der Waals surface area contributed by atoms with Crippen molar-refractivity contribution in [1.29, 1.82) is 0 Å². The molecule has 1 saturated heterocycles. The van der Waals surface area contributed by atoms with Gasteiger partial charge in [0.2, 0.25) is 5.89 Å². The summed E-state index contributed by atoms with van der Waals surface area (Å²) in [7, 11) is 0. The molecule has 1 aliphatic rings. The zero-order valence-corrected chi connectivity index (χ0v) is 12.5. The van der Waals surface area contributed by atoms with E-state index in [9.17, 15) is 4.79 Å². The van der Waals surface area contributed by atoms with Crippen LogP contribution in [0.15, 0.2) is 21.4 Å². The molecule has 1 aliphatic heterocycles. The number of aromatic nitrogens is 3. The SMILES string of the molecule is Cc1nc(CN2CCCC(CNC(=O)c3ccon3)C2)no1. The van der Waals surface area contributed by atoms with E-state index < -0.39 is 0 Å². The van der Waals surface area contributed by atoms with Crippen molar-refractivity contribution in [1.82, 2.24) is 25.5 Å². The summed E-state index contributed by atoms with van der Waals surface area (Å²) >= 11 is 0. The van der Waals surface area contributed by atoms with Crippen molar-refractivity contribution in [2.75, 3.05) is 19.6 Å². The van der Waals surface area contributed by atoms with E-state index in [4.69, 9.17) is 4.52 Å². The lowest BCUT2D eigenvalue weighted by Crippen LogP contribution is -2.40. The molecule has 0 saturated carbocycles. The summed E-state index contributed by atoms with van der Waals surface area (Å²) in [6.07, 6.45) is 3.59. The minimum Gasteiger partial charge on any atom is -0.364 e. The standard InChI is InChI=1S/C14H19N5O3/c1-10-16-13(18-22-10)9-19-5-2-3-11(8-19)7-15-14(20)12-4-6-21-17-12/h4,6,11H,2-3,5,7-9H2,1H3,(H,15,20). The molecule has 2 aromatic rings. The average molecular weight is 305 g/mol. The molecule has 1 atom stereocenters. The van der Waals surface area contributed by atoms with Gasteiger partial charge in [0.25, 0.3) is 5.91 Å². The van der Waals surface area contributed by atoms with Crippen LogP contribution in [0.2, 0.25) is 0 Å². The Morgan fingerprint density at radius 3 is 3.14 bits per heavy atom. The summed E-state index contributed by atoms with van der Waals surface area (Å²) in [4.78, 5) is 18.4.